The molecular weight excluding hydrogens is 462 g/mol. The molecule has 2 N–H and O–H groups in total. The SMILES string of the molecule is COc1ccc(C(=O)Nc2ccc(N(C=O)NS(=O)(=O)c3ccc(Cl)s3)cc2C)cc1. The highest BCUT2D eigenvalue weighted by Crippen LogP contribution is 2.27. The molecule has 0 fully saturated rings. The molecule has 0 aliphatic rings. The van der Waals surface area contributed by atoms with Gasteiger partial charge in [-0.2, -0.15) is 0 Å². The largest absolute Gasteiger partial charge is 0.497 e. The van der Waals surface area contributed by atoms with E-state index in [2.05, 4.69) is 10.1 Å². The number of carbonyl (C=O) groups is 2. The van der Waals surface area contributed by atoms with Crippen molar-refractivity contribution < 1.29 is 22.7 Å². The molecule has 3 rings (SSSR count). The van der Waals surface area contributed by atoms with Crippen LogP contribution >= 0.6 is 22.9 Å². The molecule has 0 unspecified atom stereocenters. The summed E-state index contributed by atoms with van der Waals surface area (Å²) in [6.45, 7) is 1.73. The molecule has 0 radical (unpaired) electrons. The first-order valence-corrected chi connectivity index (χ1v) is 11.5. The van der Waals surface area contributed by atoms with Crippen LogP contribution in [0.3, 0.4) is 0 Å². The van der Waals surface area contributed by atoms with E-state index in [9.17, 15) is 18.0 Å². The lowest BCUT2D eigenvalue weighted by Crippen LogP contribution is -2.41. The molecule has 1 heterocycles. The first-order chi connectivity index (χ1) is 14.7. The third-order valence-corrected chi connectivity index (χ3v) is 7.26. The second kappa shape index (κ2) is 9.48. The topological polar surface area (TPSA) is 105 Å². The van der Waals surface area contributed by atoms with Gasteiger partial charge in [-0.1, -0.05) is 11.6 Å². The van der Waals surface area contributed by atoms with Crippen molar-refractivity contribution in [2.45, 2.75) is 11.1 Å². The fourth-order valence-corrected chi connectivity index (χ4v) is 5.10. The molecule has 31 heavy (non-hydrogen) atoms. The van der Waals surface area contributed by atoms with Crippen LogP contribution in [0.4, 0.5) is 11.4 Å². The Morgan fingerprint density at radius 2 is 1.84 bits per heavy atom. The van der Waals surface area contributed by atoms with E-state index in [1.807, 2.05) is 0 Å². The van der Waals surface area contributed by atoms with Crippen LogP contribution in [-0.2, 0) is 14.8 Å². The Morgan fingerprint density at radius 1 is 1.13 bits per heavy atom. The van der Waals surface area contributed by atoms with Gasteiger partial charge in [0.2, 0.25) is 6.41 Å². The molecule has 0 saturated heterocycles. The second-order valence-corrected chi connectivity index (χ2v) is 9.91. The standard InChI is InChI=1S/C20H18ClN3O5S2/c1-13-11-15(24(12-25)23-31(27,28)19-10-9-18(21)30-19)5-8-17(13)22-20(26)14-3-6-16(29-2)7-4-14/h3-12,23H,1-2H3,(H,22,26). The van der Waals surface area contributed by atoms with Crippen LogP contribution < -0.4 is 19.9 Å². The zero-order valence-corrected chi connectivity index (χ0v) is 18.8. The third-order valence-electron chi connectivity index (χ3n) is 4.23. The van der Waals surface area contributed by atoms with Crippen molar-refractivity contribution in [2.24, 2.45) is 0 Å². The van der Waals surface area contributed by atoms with Crippen LogP contribution in [0.15, 0.2) is 58.8 Å². The summed E-state index contributed by atoms with van der Waals surface area (Å²) in [4.78, 5) is 26.2. The van der Waals surface area contributed by atoms with Gasteiger partial charge in [-0.25, -0.2) is 13.4 Å². The van der Waals surface area contributed by atoms with Gasteiger partial charge in [-0.05, 0) is 67.1 Å². The maximum atomic E-state index is 12.5. The van der Waals surface area contributed by atoms with E-state index in [1.54, 1.807) is 43.3 Å². The van der Waals surface area contributed by atoms with Crippen molar-refractivity contribution >= 4 is 56.7 Å². The molecule has 3 aromatic rings. The number of thiophene rings is 1. The summed E-state index contributed by atoms with van der Waals surface area (Å²) < 4.78 is 30.3. The predicted octanol–water partition coefficient (Wildman–Crippen LogP) is 3.83. The summed E-state index contributed by atoms with van der Waals surface area (Å²) in [6, 6.07) is 14.1. The monoisotopic (exact) mass is 479 g/mol. The number of hydrazine groups is 1. The number of methoxy groups -OCH3 is 1. The van der Waals surface area contributed by atoms with Crippen molar-refractivity contribution in [2.75, 3.05) is 17.4 Å². The van der Waals surface area contributed by atoms with E-state index in [1.165, 1.54) is 25.3 Å². The highest BCUT2D eigenvalue weighted by atomic mass is 35.5. The number of nitrogens with zero attached hydrogens (tertiary/aromatic N) is 1. The van der Waals surface area contributed by atoms with Crippen LogP contribution in [0.5, 0.6) is 5.75 Å². The first kappa shape index (κ1) is 22.8. The van der Waals surface area contributed by atoms with E-state index in [4.69, 9.17) is 16.3 Å². The van der Waals surface area contributed by atoms with Gasteiger partial charge in [-0.15, -0.1) is 16.2 Å². The van der Waals surface area contributed by atoms with Gasteiger partial charge in [0, 0.05) is 11.3 Å². The molecule has 2 aromatic carbocycles. The van der Waals surface area contributed by atoms with Crippen LogP contribution in [0.25, 0.3) is 0 Å². The lowest BCUT2D eigenvalue weighted by molar-refractivity contribution is -0.107. The zero-order valence-electron chi connectivity index (χ0n) is 16.5. The Hall–Kier alpha value is -2.92. The Balaban J connectivity index is 1.76. The number of hydrogen-bond acceptors (Lipinski definition) is 6. The highest BCUT2D eigenvalue weighted by molar-refractivity contribution is 7.91. The van der Waals surface area contributed by atoms with Gasteiger partial charge >= 0.3 is 0 Å². The summed E-state index contributed by atoms with van der Waals surface area (Å²) in [5.74, 6) is 0.319. The average Bonchev–Trinajstić information content (AvgIpc) is 3.21. The fourth-order valence-electron chi connectivity index (χ4n) is 2.63. The Bertz CT molecular complexity index is 1210. The predicted molar refractivity (Wildman–Crippen MR) is 120 cm³/mol. The fraction of sp³-hybridized carbons (Fsp3) is 0.100. The van der Waals surface area contributed by atoms with E-state index in [0.717, 1.165) is 16.3 Å². The Morgan fingerprint density at radius 3 is 2.39 bits per heavy atom. The van der Waals surface area contributed by atoms with Crippen LogP contribution in [0.2, 0.25) is 4.34 Å². The number of amides is 2. The highest BCUT2D eigenvalue weighted by Gasteiger charge is 2.21. The number of aryl methyl sites for hydroxylation is 1. The van der Waals surface area contributed by atoms with Crippen molar-refractivity contribution in [3.8, 4) is 5.75 Å². The number of ether oxygens (including phenoxy) is 1. The van der Waals surface area contributed by atoms with Crippen molar-refractivity contribution in [3.05, 3.63) is 70.1 Å². The number of hydrogen-bond donors (Lipinski definition) is 2. The number of halogens is 1. The minimum atomic E-state index is -3.98. The number of anilines is 2. The van der Waals surface area contributed by atoms with Crippen molar-refractivity contribution in [3.63, 3.8) is 0 Å². The molecule has 8 nitrogen and oxygen atoms in total. The second-order valence-electron chi connectivity index (χ2n) is 6.31. The summed E-state index contributed by atoms with van der Waals surface area (Å²) in [6.07, 6.45) is 0.344. The van der Waals surface area contributed by atoms with Crippen LogP contribution in [-0.4, -0.2) is 27.8 Å². The Labute approximate surface area is 188 Å². The smallest absolute Gasteiger partial charge is 0.267 e. The van der Waals surface area contributed by atoms with E-state index >= 15 is 0 Å². The van der Waals surface area contributed by atoms with Crippen molar-refractivity contribution in [1.82, 2.24) is 4.83 Å². The number of benzene rings is 2. The summed E-state index contributed by atoms with van der Waals surface area (Å²) in [5, 5.41) is 3.63. The van der Waals surface area contributed by atoms with Gasteiger partial charge in [0.05, 0.1) is 17.1 Å². The van der Waals surface area contributed by atoms with Crippen molar-refractivity contribution in [1.29, 1.82) is 0 Å². The van der Waals surface area contributed by atoms with Gasteiger partial charge in [0.15, 0.2) is 0 Å². The summed E-state index contributed by atoms with van der Waals surface area (Å²) in [7, 11) is -2.44. The number of nitrogens with one attached hydrogen (secondary N) is 2. The lowest BCUT2D eigenvalue weighted by atomic mass is 10.1. The number of carbonyl (C=O) groups excluding carboxylic acids is 2. The minimum absolute atomic E-state index is 0.0237. The molecule has 0 spiro atoms. The van der Waals surface area contributed by atoms with Crippen LogP contribution in [0, 0.1) is 6.92 Å². The molecule has 0 bridgehead atoms. The van der Waals surface area contributed by atoms with E-state index in [0.29, 0.717) is 33.3 Å². The van der Waals surface area contributed by atoms with Gasteiger partial charge < -0.3 is 10.1 Å². The molecule has 0 aliphatic heterocycles. The van der Waals surface area contributed by atoms with E-state index in [-0.39, 0.29) is 15.8 Å². The van der Waals surface area contributed by atoms with Crippen LogP contribution in [0.1, 0.15) is 15.9 Å². The molecule has 0 aliphatic carbocycles. The van der Waals surface area contributed by atoms with Gasteiger partial charge in [0.25, 0.3) is 15.9 Å². The normalized spacial score (nSPS) is 11.1. The quantitative estimate of drug-likeness (QED) is 0.377. The molecule has 1 aromatic heterocycles. The molecule has 0 saturated carbocycles. The van der Waals surface area contributed by atoms with E-state index < -0.39 is 10.0 Å². The molecule has 0 atom stereocenters. The summed E-state index contributed by atoms with van der Waals surface area (Å²) in [5.41, 5.74) is 1.87. The van der Waals surface area contributed by atoms with Gasteiger partial charge in [-0.3, -0.25) is 9.59 Å². The molecule has 11 heteroatoms. The van der Waals surface area contributed by atoms with Gasteiger partial charge in [0.1, 0.15) is 9.96 Å². The summed E-state index contributed by atoms with van der Waals surface area (Å²) >= 11 is 6.67. The molecule has 162 valence electrons. The molecular formula is C20H18ClN3O5S2. The average molecular weight is 480 g/mol. The third kappa shape index (κ3) is 5.42. The zero-order chi connectivity index (χ0) is 22.6. The maximum Gasteiger partial charge on any atom is 0.267 e. The lowest BCUT2D eigenvalue weighted by Gasteiger charge is -2.19. The minimum Gasteiger partial charge on any atom is -0.497 e. The maximum absolute atomic E-state index is 12.5. The first-order valence-electron chi connectivity index (χ1n) is 8.82. The molecule has 2 amide bonds. The number of sulfonamides is 1. The number of rotatable bonds is 8. The Kier molecular flexibility index (Phi) is 6.96.